The molecule has 0 saturated carbocycles. The van der Waals surface area contributed by atoms with Crippen LogP contribution in [-0.4, -0.2) is 72.5 Å². The number of ketones is 1. The molecule has 1 unspecified atom stereocenters. The van der Waals surface area contributed by atoms with Crippen LogP contribution in [0.2, 0.25) is 0 Å². The smallest absolute Gasteiger partial charge is 0.341 e. The van der Waals surface area contributed by atoms with Crippen LogP contribution in [0.15, 0.2) is 15.0 Å². The molecule has 1 fully saturated rings. The Morgan fingerprint density at radius 2 is 2.00 bits per heavy atom. The van der Waals surface area contributed by atoms with Crippen molar-refractivity contribution in [2.45, 2.75) is 59.0 Å². The van der Waals surface area contributed by atoms with Gasteiger partial charge < -0.3 is 10.2 Å². The van der Waals surface area contributed by atoms with E-state index in [0.29, 0.717) is 49.1 Å². The Balaban J connectivity index is 2.38. The summed E-state index contributed by atoms with van der Waals surface area (Å²) >= 11 is 1.23. The molecule has 0 aromatic carbocycles. The number of carbonyl (C=O) groups is 2. The topological polar surface area (TPSA) is 86.5 Å². The van der Waals surface area contributed by atoms with Gasteiger partial charge in [-0.3, -0.25) is 9.79 Å². The Hall–Kier alpha value is -1.77. The summed E-state index contributed by atoms with van der Waals surface area (Å²) in [6.07, 6.45) is 4.56. The van der Waals surface area contributed by atoms with Gasteiger partial charge in [0.2, 0.25) is 5.96 Å². The second-order valence-electron chi connectivity index (χ2n) is 6.96. The fraction of sp³-hybridized carbons (Fsp3) is 0.750. The van der Waals surface area contributed by atoms with Crippen LogP contribution in [0.5, 0.6) is 0 Å². The predicted molar refractivity (Wildman–Crippen MR) is 120 cm³/mol. The summed E-state index contributed by atoms with van der Waals surface area (Å²) < 4.78 is 14.6. The van der Waals surface area contributed by atoms with Crippen molar-refractivity contribution in [3.8, 4) is 0 Å². The lowest BCUT2D eigenvalue weighted by atomic mass is 9.92. The SMILES string of the molecule is CCC/C=N\C(=N/C)N1CCC(C(F)CNC(=O)/N=C(/C)SCC(=O)CC)CC1. The van der Waals surface area contributed by atoms with E-state index in [1.165, 1.54) is 11.8 Å². The number of guanidine groups is 1. The number of likely N-dealkylation sites (tertiary alicyclic amines) is 1. The van der Waals surface area contributed by atoms with E-state index < -0.39 is 12.2 Å². The maximum Gasteiger partial charge on any atom is 0.341 e. The number of nitrogens with zero attached hydrogens (tertiary/aromatic N) is 4. The van der Waals surface area contributed by atoms with E-state index >= 15 is 0 Å². The highest BCUT2D eigenvalue weighted by atomic mass is 32.2. The number of hydrogen-bond donors (Lipinski definition) is 1. The third-order valence-electron chi connectivity index (χ3n) is 4.70. The van der Waals surface area contributed by atoms with E-state index in [1.54, 1.807) is 20.9 Å². The van der Waals surface area contributed by atoms with Crippen LogP contribution >= 0.6 is 11.8 Å². The first-order valence-corrected chi connectivity index (χ1v) is 11.3. The van der Waals surface area contributed by atoms with Crippen molar-refractivity contribution >= 4 is 40.8 Å². The number of carbonyl (C=O) groups excluding carboxylic acids is 2. The number of halogens is 1. The number of Topliss-reactive ketones (excluding diaryl/α,β-unsaturated/α-hetero) is 1. The summed E-state index contributed by atoms with van der Waals surface area (Å²) in [7, 11) is 1.72. The van der Waals surface area contributed by atoms with Crippen LogP contribution in [0.25, 0.3) is 0 Å². The molecule has 0 radical (unpaired) electrons. The molecule has 1 heterocycles. The average molecular weight is 428 g/mol. The number of amides is 2. The third kappa shape index (κ3) is 10.0. The molecule has 2 amide bonds. The van der Waals surface area contributed by atoms with Crippen LogP contribution in [0.1, 0.15) is 52.9 Å². The summed E-state index contributed by atoms with van der Waals surface area (Å²) in [6, 6.07) is -0.565. The minimum atomic E-state index is -1.11. The second-order valence-corrected chi connectivity index (χ2v) is 8.13. The minimum absolute atomic E-state index is 0.0534. The largest absolute Gasteiger partial charge is 0.341 e. The van der Waals surface area contributed by atoms with Gasteiger partial charge in [-0.1, -0.05) is 20.3 Å². The third-order valence-corrected chi connectivity index (χ3v) is 5.68. The van der Waals surface area contributed by atoms with E-state index in [9.17, 15) is 14.0 Å². The summed E-state index contributed by atoms with van der Waals surface area (Å²) in [5.74, 6) is 0.998. The predicted octanol–water partition coefficient (Wildman–Crippen LogP) is 3.73. The number of hydrogen-bond acceptors (Lipinski definition) is 4. The highest BCUT2D eigenvalue weighted by Crippen LogP contribution is 2.23. The molecule has 9 heteroatoms. The van der Waals surface area contributed by atoms with Gasteiger partial charge in [0.25, 0.3) is 0 Å². The number of nitrogens with one attached hydrogen (secondary N) is 1. The molecule has 0 aliphatic carbocycles. The molecule has 1 N–H and O–H groups in total. The molecule has 164 valence electrons. The van der Waals surface area contributed by atoms with Gasteiger partial charge in [0.15, 0.2) is 0 Å². The first-order chi connectivity index (χ1) is 13.9. The Morgan fingerprint density at radius 1 is 1.31 bits per heavy atom. The Morgan fingerprint density at radius 3 is 2.59 bits per heavy atom. The van der Waals surface area contributed by atoms with E-state index in [1.807, 2.05) is 6.21 Å². The Bertz CT molecular complexity index is 616. The molecular weight excluding hydrogens is 393 g/mol. The number of alkyl halides is 1. The fourth-order valence-corrected chi connectivity index (χ4v) is 3.59. The fourth-order valence-electron chi connectivity index (χ4n) is 2.87. The van der Waals surface area contributed by atoms with Gasteiger partial charge in [0.1, 0.15) is 12.0 Å². The molecule has 1 aliphatic rings. The van der Waals surface area contributed by atoms with Crippen LogP contribution in [-0.2, 0) is 4.79 Å². The molecule has 0 aromatic heterocycles. The lowest BCUT2D eigenvalue weighted by Gasteiger charge is -2.33. The molecule has 0 spiro atoms. The monoisotopic (exact) mass is 427 g/mol. The second kappa shape index (κ2) is 14.3. The quantitative estimate of drug-likeness (QED) is 0.472. The van der Waals surface area contributed by atoms with E-state index in [-0.39, 0.29) is 18.2 Å². The highest BCUT2D eigenvalue weighted by Gasteiger charge is 2.27. The summed E-state index contributed by atoms with van der Waals surface area (Å²) in [4.78, 5) is 37.7. The van der Waals surface area contributed by atoms with Crippen LogP contribution < -0.4 is 5.32 Å². The lowest BCUT2D eigenvalue weighted by molar-refractivity contribution is -0.116. The summed E-state index contributed by atoms with van der Waals surface area (Å²) in [5, 5.41) is 3.03. The molecule has 1 rings (SSSR count). The number of piperidine rings is 1. The maximum absolute atomic E-state index is 14.6. The molecule has 0 aromatic rings. The number of aliphatic imine (C=N–C) groups is 3. The van der Waals surface area contributed by atoms with E-state index in [2.05, 4.69) is 32.1 Å². The number of rotatable bonds is 8. The van der Waals surface area contributed by atoms with Gasteiger partial charge in [-0.25, -0.2) is 14.2 Å². The zero-order chi connectivity index (χ0) is 21.6. The standard InChI is InChI=1S/C20H34FN5O2S/c1-5-7-10-23-19(22-4)26-11-8-16(9-12-26)18(21)13-24-20(28)25-15(3)29-14-17(27)6-2/h10,16,18H,5-9,11-14H2,1-4H3,(H,24,28)/b22-19+,23-10-,25-15-. The maximum atomic E-state index is 14.6. The molecule has 7 nitrogen and oxygen atoms in total. The van der Waals surface area contributed by atoms with Crippen molar-refractivity contribution in [2.24, 2.45) is 20.9 Å². The number of unbranched alkanes of at least 4 members (excludes halogenated alkanes) is 1. The van der Waals surface area contributed by atoms with Crippen molar-refractivity contribution in [1.82, 2.24) is 10.2 Å². The van der Waals surface area contributed by atoms with Crippen LogP contribution in [0, 0.1) is 5.92 Å². The van der Waals surface area contributed by atoms with Crippen LogP contribution in [0.3, 0.4) is 0 Å². The molecule has 1 aliphatic heterocycles. The van der Waals surface area contributed by atoms with Gasteiger partial charge in [0, 0.05) is 32.8 Å². The molecule has 1 saturated heterocycles. The average Bonchev–Trinajstić information content (AvgIpc) is 2.73. The van der Waals surface area contributed by atoms with E-state index in [0.717, 1.165) is 12.8 Å². The van der Waals surface area contributed by atoms with E-state index in [4.69, 9.17) is 0 Å². The van der Waals surface area contributed by atoms with Crippen molar-refractivity contribution in [2.75, 3.05) is 32.4 Å². The van der Waals surface area contributed by atoms with Gasteiger partial charge in [-0.15, -0.1) is 11.8 Å². The van der Waals surface area contributed by atoms with Gasteiger partial charge in [-0.05, 0) is 32.1 Å². The van der Waals surface area contributed by atoms with Gasteiger partial charge in [0.05, 0.1) is 17.3 Å². The first kappa shape index (κ1) is 25.3. The van der Waals surface area contributed by atoms with Gasteiger partial charge in [-0.2, -0.15) is 4.99 Å². The molecule has 1 atom stereocenters. The van der Waals surface area contributed by atoms with Crippen molar-refractivity contribution in [3.05, 3.63) is 0 Å². The number of thioether (sulfide) groups is 1. The Kier molecular flexibility index (Phi) is 12.4. The molecule has 0 bridgehead atoms. The molecule has 29 heavy (non-hydrogen) atoms. The lowest BCUT2D eigenvalue weighted by Crippen LogP contribution is -2.42. The minimum Gasteiger partial charge on any atom is -0.341 e. The summed E-state index contributed by atoms with van der Waals surface area (Å²) in [5.41, 5.74) is 0. The van der Waals surface area contributed by atoms with Crippen LogP contribution in [0.4, 0.5) is 9.18 Å². The first-order valence-electron chi connectivity index (χ1n) is 10.3. The van der Waals surface area contributed by atoms with Crippen molar-refractivity contribution in [1.29, 1.82) is 0 Å². The Labute approximate surface area is 177 Å². The number of urea groups is 1. The highest BCUT2D eigenvalue weighted by molar-refractivity contribution is 8.14. The zero-order valence-electron chi connectivity index (χ0n) is 18.0. The molecular formula is C20H34FN5O2S. The summed E-state index contributed by atoms with van der Waals surface area (Å²) in [6.45, 7) is 6.92. The van der Waals surface area contributed by atoms with Gasteiger partial charge >= 0.3 is 6.03 Å². The normalized spacial score (nSPS) is 17.6. The zero-order valence-corrected chi connectivity index (χ0v) is 18.8. The van der Waals surface area contributed by atoms with Crippen molar-refractivity contribution in [3.63, 3.8) is 0 Å². The van der Waals surface area contributed by atoms with Crippen molar-refractivity contribution < 1.29 is 14.0 Å².